The van der Waals surface area contributed by atoms with Crippen LogP contribution in [0.3, 0.4) is 0 Å². The van der Waals surface area contributed by atoms with Crippen LogP contribution in [0.1, 0.15) is 27.0 Å². The van der Waals surface area contributed by atoms with Gasteiger partial charge in [0.2, 0.25) is 0 Å². The van der Waals surface area contributed by atoms with Crippen molar-refractivity contribution in [2.45, 2.75) is 13.8 Å². The summed E-state index contributed by atoms with van der Waals surface area (Å²) in [6.45, 7) is 3.93. The molecule has 0 spiro atoms. The molecule has 0 saturated heterocycles. The van der Waals surface area contributed by atoms with E-state index in [1.165, 1.54) is 6.08 Å². The van der Waals surface area contributed by atoms with Crippen molar-refractivity contribution in [3.8, 4) is 0 Å². The predicted octanol–water partition coefficient (Wildman–Crippen LogP) is 4.97. The molecular formula is C23H22N2O3S. The number of benzene rings is 3. The first-order valence-electron chi connectivity index (χ1n) is 9.08. The normalized spacial score (nSPS) is 11.4. The maximum atomic E-state index is 12.5. The van der Waals surface area contributed by atoms with Crippen LogP contribution in [0.25, 0.3) is 6.08 Å². The number of amides is 1. The monoisotopic (exact) mass is 406 g/mol. The molecule has 0 aromatic heterocycles. The van der Waals surface area contributed by atoms with Crippen molar-refractivity contribution in [1.29, 1.82) is 0 Å². The van der Waals surface area contributed by atoms with Crippen molar-refractivity contribution in [2.24, 2.45) is 0 Å². The van der Waals surface area contributed by atoms with Gasteiger partial charge in [0.25, 0.3) is 15.9 Å². The van der Waals surface area contributed by atoms with Crippen molar-refractivity contribution < 1.29 is 13.2 Å². The van der Waals surface area contributed by atoms with Gasteiger partial charge < -0.3 is 5.32 Å². The molecule has 3 aromatic carbocycles. The molecule has 6 heteroatoms. The summed E-state index contributed by atoms with van der Waals surface area (Å²) in [6, 6.07) is 21.2. The number of rotatable bonds is 6. The molecule has 3 aromatic rings. The average Bonchev–Trinajstić information content (AvgIpc) is 2.71. The highest BCUT2D eigenvalue weighted by Crippen LogP contribution is 2.19. The lowest BCUT2D eigenvalue weighted by Crippen LogP contribution is -2.13. The summed E-state index contributed by atoms with van der Waals surface area (Å²) in [5, 5.41) is 4.00. The highest BCUT2D eigenvalue weighted by atomic mass is 32.2. The summed E-state index contributed by atoms with van der Waals surface area (Å²) < 4.78 is 26.9. The van der Waals surface area contributed by atoms with E-state index in [0.29, 0.717) is 11.3 Å². The van der Waals surface area contributed by atoms with Crippen molar-refractivity contribution >= 4 is 33.4 Å². The van der Waals surface area contributed by atoms with Gasteiger partial charge in [-0.2, -0.15) is 0 Å². The van der Waals surface area contributed by atoms with E-state index in [1.807, 2.05) is 62.4 Å². The largest absolute Gasteiger partial charge is 0.322 e. The van der Waals surface area contributed by atoms with Crippen LogP contribution in [-0.2, 0) is 10.0 Å². The van der Waals surface area contributed by atoms with Crippen LogP contribution < -0.4 is 10.0 Å². The van der Waals surface area contributed by atoms with Gasteiger partial charge in [-0.1, -0.05) is 42.5 Å². The molecule has 0 unspecified atom stereocenters. The van der Waals surface area contributed by atoms with Gasteiger partial charge in [0.05, 0.1) is 5.41 Å². The van der Waals surface area contributed by atoms with E-state index in [2.05, 4.69) is 10.0 Å². The maximum absolute atomic E-state index is 12.5. The van der Waals surface area contributed by atoms with Crippen molar-refractivity contribution in [3.63, 3.8) is 0 Å². The zero-order valence-electron chi connectivity index (χ0n) is 16.2. The van der Waals surface area contributed by atoms with Gasteiger partial charge in [-0.3, -0.25) is 9.52 Å². The summed E-state index contributed by atoms with van der Waals surface area (Å²) in [4.78, 5) is 12.5. The minimum atomic E-state index is -3.66. The van der Waals surface area contributed by atoms with E-state index in [0.717, 1.165) is 27.8 Å². The lowest BCUT2D eigenvalue weighted by Gasteiger charge is -2.11. The Bertz CT molecular complexity index is 1140. The van der Waals surface area contributed by atoms with Crippen LogP contribution >= 0.6 is 0 Å². The zero-order chi connectivity index (χ0) is 20.9. The number of carbonyl (C=O) groups is 1. The molecule has 0 atom stereocenters. The number of anilines is 2. The number of hydrogen-bond donors (Lipinski definition) is 2. The molecule has 0 heterocycles. The fourth-order valence-electron chi connectivity index (χ4n) is 2.70. The molecule has 29 heavy (non-hydrogen) atoms. The second-order valence-electron chi connectivity index (χ2n) is 6.64. The van der Waals surface area contributed by atoms with Gasteiger partial charge in [-0.05, 0) is 66.9 Å². The Hall–Kier alpha value is -3.38. The number of hydrogen-bond acceptors (Lipinski definition) is 3. The molecule has 2 N–H and O–H groups in total. The third kappa shape index (κ3) is 5.56. The minimum absolute atomic E-state index is 0.253. The number of nitrogens with one attached hydrogen (secondary N) is 2. The minimum Gasteiger partial charge on any atom is -0.322 e. The van der Waals surface area contributed by atoms with Gasteiger partial charge in [0, 0.05) is 16.9 Å². The SMILES string of the molecule is Cc1cccc(NC(=O)c2ccc(NS(=O)(=O)/C=C/c3ccccc3)cc2)c1C. The Morgan fingerprint density at radius 2 is 1.55 bits per heavy atom. The Kier molecular flexibility index (Phi) is 6.14. The maximum Gasteiger partial charge on any atom is 0.255 e. The average molecular weight is 407 g/mol. The third-order valence-corrected chi connectivity index (χ3v) is 5.51. The summed E-state index contributed by atoms with van der Waals surface area (Å²) >= 11 is 0. The van der Waals surface area contributed by atoms with E-state index >= 15 is 0 Å². The van der Waals surface area contributed by atoms with Gasteiger partial charge in [0.1, 0.15) is 0 Å². The van der Waals surface area contributed by atoms with Gasteiger partial charge in [-0.15, -0.1) is 0 Å². The lowest BCUT2D eigenvalue weighted by molar-refractivity contribution is 0.102. The summed E-state index contributed by atoms with van der Waals surface area (Å²) in [7, 11) is -3.66. The Morgan fingerprint density at radius 1 is 0.862 bits per heavy atom. The summed E-state index contributed by atoms with van der Waals surface area (Å²) in [5.41, 5.74) is 4.47. The van der Waals surface area contributed by atoms with Crippen LogP contribution in [0, 0.1) is 13.8 Å². The molecule has 0 radical (unpaired) electrons. The van der Waals surface area contributed by atoms with E-state index in [-0.39, 0.29) is 5.91 Å². The number of aryl methyl sites for hydroxylation is 1. The fraction of sp³-hybridized carbons (Fsp3) is 0.0870. The van der Waals surface area contributed by atoms with Gasteiger partial charge in [-0.25, -0.2) is 8.42 Å². The zero-order valence-corrected chi connectivity index (χ0v) is 17.0. The first-order valence-corrected chi connectivity index (χ1v) is 10.6. The van der Waals surface area contributed by atoms with E-state index in [1.54, 1.807) is 24.3 Å². The topological polar surface area (TPSA) is 75.3 Å². The standard InChI is InChI=1S/C23H22N2O3S/c1-17-7-6-10-22(18(17)2)24-23(26)20-11-13-21(14-12-20)25-29(27,28)16-15-19-8-4-3-5-9-19/h3-16,25H,1-2H3,(H,24,26)/b16-15+. The Labute approximate surface area is 171 Å². The van der Waals surface area contributed by atoms with E-state index < -0.39 is 10.0 Å². The van der Waals surface area contributed by atoms with Gasteiger partial charge in [0.15, 0.2) is 0 Å². The van der Waals surface area contributed by atoms with Gasteiger partial charge >= 0.3 is 0 Å². The highest BCUT2D eigenvalue weighted by Gasteiger charge is 2.10. The van der Waals surface area contributed by atoms with Crippen molar-refractivity contribution in [1.82, 2.24) is 0 Å². The molecule has 0 aliphatic heterocycles. The van der Waals surface area contributed by atoms with Crippen LogP contribution in [0.15, 0.2) is 78.2 Å². The molecule has 148 valence electrons. The predicted molar refractivity (Wildman–Crippen MR) is 118 cm³/mol. The molecule has 3 rings (SSSR count). The highest BCUT2D eigenvalue weighted by molar-refractivity contribution is 7.95. The van der Waals surface area contributed by atoms with Crippen LogP contribution in [0.5, 0.6) is 0 Å². The Morgan fingerprint density at radius 3 is 2.24 bits per heavy atom. The fourth-order valence-corrected chi connectivity index (χ4v) is 3.57. The second-order valence-corrected chi connectivity index (χ2v) is 8.21. The summed E-state index contributed by atoms with van der Waals surface area (Å²) in [6.07, 6.45) is 1.52. The molecule has 0 bridgehead atoms. The third-order valence-electron chi connectivity index (χ3n) is 4.50. The smallest absolute Gasteiger partial charge is 0.255 e. The quantitative estimate of drug-likeness (QED) is 0.607. The summed E-state index contributed by atoms with van der Waals surface area (Å²) in [5.74, 6) is -0.253. The van der Waals surface area contributed by atoms with E-state index in [4.69, 9.17) is 0 Å². The second kappa shape index (κ2) is 8.75. The van der Waals surface area contributed by atoms with Crippen molar-refractivity contribution in [3.05, 3.63) is 100 Å². The Balaban J connectivity index is 1.67. The van der Waals surface area contributed by atoms with Crippen LogP contribution in [-0.4, -0.2) is 14.3 Å². The van der Waals surface area contributed by atoms with Crippen LogP contribution in [0.4, 0.5) is 11.4 Å². The molecule has 5 nitrogen and oxygen atoms in total. The number of sulfonamides is 1. The molecular weight excluding hydrogens is 384 g/mol. The van der Waals surface area contributed by atoms with E-state index in [9.17, 15) is 13.2 Å². The molecule has 0 aliphatic rings. The number of carbonyl (C=O) groups excluding carboxylic acids is 1. The van der Waals surface area contributed by atoms with Crippen molar-refractivity contribution in [2.75, 3.05) is 10.0 Å². The molecule has 0 aliphatic carbocycles. The molecule has 1 amide bonds. The first kappa shape index (κ1) is 20.4. The van der Waals surface area contributed by atoms with Crippen LogP contribution in [0.2, 0.25) is 0 Å². The molecule has 0 saturated carbocycles. The molecule has 0 fully saturated rings. The first-order chi connectivity index (χ1) is 13.8. The lowest BCUT2D eigenvalue weighted by atomic mass is 10.1.